The molecule has 0 fully saturated rings. The second-order valence-corrected chi connectivity index (χ2v) is 6.03. The summed E-state index contributed by atoms with van der Waals surface area (Å²) in [7, 11) is 2.04. The van der Waals surface area contributed by atoms with E-state index in [9.17, 15) is 9.59 Å². The zero-order valence-electron chi connectivity index (χ0n) is 18.2. The molecular weight excluding hydrogens is 372 g/mol. The average Bonchev–Trinajstić information content (AvgIpc) is 2.72. The first-order valence-corrected chi connectivity index (χ1v) is 9.85. The Morgan fingerprint density at radius 2 is 1.83 bits per heavy atom. The molecule has 0 radical (unpaired) electrons. The number of amides is 3. The van der Waals surface area contributed by atoms with Crippen molar-refractivity contribution >= 4 is 30.7 Å². The highest BCUT2D eigenvalue weighted by atomic mass is 16.2. The van der Waals surface area contributed by atoms with Crippen molar-refractivity contribution in [1.82, 2.24) is 10.2 Å². The fourth-order valence-corrected chi connectivity index (χ4v) is 2.42. The molecule has 1 aromatic carbocycles. The van der Waals surface area contributed by atoms with Gasteiger partial charge in [0.15, 0.2) is 0 Å². The second kappa shape index (κ2) is 18.8. The van der Waals surface area contributed by atoms with Crippen LogP contribution in [0.2, 0.25) is 0 Å². The van der Waals surface area contributed by atoms with Gasteiger partial charge in [-0.15, -0.1) is 0 Å². The molecule has 0 aliphatic carbocycles. The maximum Gasteiger partial charge on any atom is 0.225 e. The minimum atomic E-state index is -0.129. The minimum absolute atomic E-state index is 0.129. The third-order valence-electron chi connectivity index (χ3n) is 3.99. The van der Waals surface area contributed by atoms with Crippen LogP contribution >= 0.6 is 0 Å². The van der Waals surface area contributed by atoms with E-state index in [4.69, 9.17) is 15.3 Å². The van der Waals surface area contributed by atoms with Crippen LogP contribution < -0.4 is 16.4 Å². The summed E-state index contributed by atoms with van der Waals surface area (Å²) in [6.07, 6.45) is 3.94. The molecule has 0 heterocycles. The van der Waals surface area contributed by atoms with Crippen molar-refractivity contribution in [1.29, 1.82) is 0 Å². The van der Waals surface area contributed by atoms with E-state index in [1.54, 1.807) is 17.4 Å². The molecule has 0 bridgehead atoms. The van der Waals surface area contributed by atoms with E-state index in [1.165, 1.54) is 0 Å². The predicted octanol–water partition coefficient (Wildman–Crippen LogP) is 2.32. The molecule has 3 amide bonds. The molecule has 0 aromatic heterocycles. The van der Waals surface area contributed by atoms with Gasteiger partial charge in [0.05, 0.1) is 0 Å². The highest BCUT2D eigenvalue weighted by molar-refractivity contribution is 5.93. The molecule has 0 saturated carbocycles. The fourth-order valence-electron chi connectivity index (χ4n) is 2.42. The third-order valence-corrected chi connectivity index (χ3v) is 3.99. The van der Waals surface area contributed by atoms with Gasteiger partial charge in [-0.25, -0.2) is 0 Å². The zero-order valence-corrected chi connectivity index (χ0v) is 18.2. The number of nitrogens with two attached hydrogens (primary N) is 1. The lowest BCUT2D eigenvalue weighted by Gasteiger charge is -2.26. The van der Waals surface area contributed by atoms with Crippen molar-refractivity contribution in [2.24, 2.45) is 5.73 Å². The lowest BCUT2D eigenvalue weighted by atomic mass is 10.0. The van der Waals surface area contributed by atoms with Crippen molar-refractivity contribution in [2.75, 3.05) is 18.9 Å². The van der Waals surface area contributed by atoms with Gasteiger partial charge in [-0.2, -0.15) is 0 Å². The highest BCUT2D eigenvalue weighted by Crippen LogP contribution is 2.22. The monoisotopic (exact) mass is 408 g/mol. The topological polar surface area (TPSA) is 122 Å². The molecule has 1 unspecified atom stereocenters. The molecule has 0 aliphatic heterocycles. The molecule has 1 atom stereocenters. The Balaban J connectivity index is 0. The maximum atomic E-state index is 11.8. The summed E-state index contributed by atoms with van der Waals surface area (Å²) in [5.74, 6) is -0.129. The Kier molecular flexibility index (Phi) is 18.5. The zero-order chi connectivity index (χ0) is 22.7. The van der Waals surface area contributed by atoms with Gasteiger partial charge in [-0.1, -0.05) is 39.3 Å². The first-order chi connectivity index (χ1) is 13.9. The minimum Gasteiger partial charge on any atom is -0.330 e. The Labute approximate surface area is 174 Å². The van der Waals surface area contributed by atoms with Gasteiger partial charge in [0, 0.05) is 42.4 Å². The fraction of sp³-hybridized carbons (Fsp3) is 0.524. The molecule has 0 saturated heterocycles. The lowest BCUT2D eigenvalue weighted by molar-refractivity contribution is -0.117. The molecule has 8 nitrogen and oxygen atoms in total. The molecule has 8 heteroatoms. The normalized spacial score (nSPS) is 10.4. The number of anilines is 1. The summed E-state index contributed by atoms with van der Waals surface area (Å²) >= 11 is 0. The standard InChI is InChI=1S/C17H27N3O2.C2H3NO2.C2H6/c1-4-6-13(2)20(3)11-15-14(12-21)7-5-8-16(15)19-17(22)9-10-18;4-1-3-2-5;1-2/h5,7-8,12-13H,4,6,9-11,18H2,1-3H3,(H,19,22);1-2H,(H,3,4,5);1-2H3. The van der Waals surface area contributed by atoms with E-state index in [-0.39, 0.29) is 12.3 Å². The van der Waals surface area contributed by atoms with Gasteiger partial charge in [0.1, 0.15) is 6.29 Å². The largest absolute Gasteiger partial charge is 0.330 e. The lowest BCUT2D eigenvalue weighted by Crippen LogP contribution is -2.29. The SMILES string of the molecule is CC.CCCC(C)N(C)Cc1c(C=O)cccc1NC(=O)CCN.O=CNC=O. The molecule has 1 rings (SSSR count). The quantitative estimate of drug-likeness (QED) is 0.483. The molecule has 164 valence electrons. The summed E-state index contributed by atoms with van der Waals surface area (Å²) < 4.78 is 0. The Morgan fingerprint density at radius 1 is 1.21 bits per heavy atom. The smallest absolute Gasteiger partial charge is 0.225 e. The van der Waals surface area contributed by atoms with Gasteiger partial charge in [-0.05, 0) is 26.5 Å². The Bertz CT molecular complexity index is 602. The second-order valence-electron chi connectivity index (χ2n) is 6.03. The van der Waals surface area contributed by atoms with Crippen molar-refractivity contribution in [3.05, 3.63) is 29.3 Å². The average molecular weight is 409 g/mol. The van der Waals surface area contributed by atoms with E-state index in [0.29, 0.717) is 43.2 Å². The first-order valence-electron chi connectivity index (χ1n) is 9.85. The van der Waals surface area contributed by atoms with Crippen LogP contribution in [-0.4, -0.2) is 49.5 Å². The van der Waals surface area contributed by atoms with Crippen molar-refractivity contribution in [2.45, 2.75) is 59.5 Å². The van der Waals surface area contributed by atoms with E-state index >= 15 is 0 Å². The number of imide groups is 1. The number of rotatable bonds is 11. The van der Waals surface area contributed by atoms with Crippen molar-refractivity contribution in [3.63, 3.8) is 0 Å². The van der Waals surface area contributed by atoms with E-state index in [1.807, 2.05) is 27.0 Å². The summed E-state index contributed by atoms with van der Waals surface area (Å²) in [6.45, 7) is 9.25. The van der Waals surface area contributed by atoms with Gasteiger partial charge >= 0.3 is 0 Å². The highest BCUT2D eigenvalue weighted by Gasteiger charge is 2.15. The first kappa shape index (κ1) is 28.6. The van der Waals surface area contributed by atoms with Crippen LogP contribution in [0.1, 0.15) is 62.9 Å². The molecule has 29 heavy (non-hydrogen) atoms. The van der Waals surface area contributed by atoms with E-state index in [2.05, 4.69) is 24.1 Å². The van der Waals surface area contributed by atoms with Crippen LogP contribution in [0.3, 0.4) is 0 Å². The van der Waals surface area contributed by atoms with Crippen LogP contribution in [0.25, 0.3) is 0 Å². The van der Waals surface area contributed by atoms with Crippen LogP contribution in [-0.2, 0) is 20.9 Å². The number of carbonyl (C=O) groups is 4. The van der Waals surface area contributed by atoms with Gasteiger partial charge in [-0.3, -0.25) is 24.1 Å². The van der Waals surface area contributed by atoms with Crippen LogP contribution in [0.15, 0.2) is 18.2 Å². The number of hydrogen-bond donors (Lipinski definition) is 3. The predicted molar refractivity (Wildman–Crippen MR) is 117 cm³/mol. The molecule has 1 aromatic rings. The molecule has 0 spiro atoms. The number of carbonyl (C=O) groups excluding carboxylic acids is 4. The molecule has 4 N–H and O–H groups in total. The summed E-state index contributed by atoms with van der Waals surface area (Å²) in [5.41, 5.74) is 7.57. The summed E-state index contributed by atoms with van der Waals surface area (Å²) in [5, 5.41) is 4.61. The third kappa shape index (κ3) is 12.5. The van der Waals surface area contributed by atoms with Gasteiger partial charge in [0.2, 0.25) is 18.7 Å². The van der Waals surface area contributed by atoms with Crippen molar-refractivity contribution < 1.29 is 19.2 Å². The number of benzene rings is 1. The molecule has 0 aliphatic rings. The van der Waals surface area contributed by atoms with Crippen molar-refractivity contribution in [3.8, 4) is 0 Å². The van der Waals surface area contributed by atoms with Crippen LogP contribution in [0, 0.1) is 0 Å². The summed E-state index contributed by atoms with van der Waals surface area (Å²) in [6, 6.07) is 5.80. The Hall–Kier alpha value is -2.58. The number of nitrogens with one attached hydrogen (secondary N) is 2. The maximum absolute atomic E-state index is 11.8. The summed E-state index contributed by atoms with van der Waals surface area (Å²) in [4.78, 5) is 43.4. The van der Waals surface area contributed by atoms with Gasteiger partial charge in [0.25, 0.3) is 0 Å². The molecular formula is C21H36N4O4. The van der Waals surface area contributed by atoms with Gasteiger partial charge < -0.3 is 16.4 Å². The Morgan fingerprint density at radius 3 is 2.28 bits per heavy atom. The number of aldehydes is 1. The van der Waals surface area contributed by atoms with E-state index in [0.717, 1.165) is 24.7 Å². The number of nitrogens with zero attached hydrogens (tertiary/aromatic N) is 1. The van der Waals surface area contributed by atoms with E-state index < -0.39 is 0 Å². The van der Waals surface area contributed by atoms with Crippen LogP contribution in [0.5, 0.6) is 0 Å². The number of hydrogen-bond acceptors (Lipinski definition) is 6. The van der Waals surface area contributed by atoms with Crippen LogP contribution in [0.4, 0.5) is 5.69 Å².